The molecule has 1 amide bonds. The molecular weight excluding hydrogens is 307 g/mol. The zero-order valence-corrected chi connectivity index (χ0v) is 9.71. The Morgan fingerprint density at radius 1 is 1.38 bits per heavy atom. The molecule has 0 aliphatic rings. The summed E-state index contributed by atoms with van der Waals surface area (Å²) in [7, 11) is 0. The molecule has 0 saturated heterocycles. The third-order valence-corrected chi connectivity index (χ3v) is 1.74. The van der Waals surface area contributed by atoms with E-state index in [1.165, 1.54) is 24.3 Å². The van der Waals surface area contributed by atoms with E-state index in [-0.39, 0.29) is 45.2 Å². The fraction of sp³-hybridized carbons (Fsp3) is 0.222. The molecule has 7 heteroatoms. The van der Waals surface area contributed by atoms with Crippen LogP contribution in [0.5, 0.6) is 0 Å². The van der Waals surface area contributed by atoms with Crippen molar-refractivity contribution in [2.45, 2.75) is 0 Å². The van der Waals surface area contributed by atoms with Crippen LogP contribution in [0.4, 0.5) is 5.69 Å². The number of hydrogen-bond acceptors (Lipinski definition) is 4. The molecule has 0 atom stereocenters. The average molecular weight is 317 g/mol. The molecule has 6 nitrogen and oxygen atoms in total. The van der Waals surface area contributed by atoms with E-state index in [4.69, 9.17) is 5.11 Å². The van der Waals surface area contributed by atoms with Crippen molar-refractivity contribution in [3.63, 3.8) is 0 Å². The van der Waals surface area contributed by atoms with Gasteiger partial charge in [0.05, 0.1) is 11.5 Å². The van der Waals surface area contributed by atoms with Crippen molar-refractivity contribution >= 4 is 11.6 Å². The largest absolute Gasteiger partial charge is 0.395 e. The molecule has 1 aromatic carbocycles. The van der Waals surface area contributed by atoms with Gasteiger partial charge in [0.2, 0.25) is 0 Å². The zero-order chi connectivity index (χ0) is 11.3. The van der Waals surface area contributed by atoms with Gasteiger partial charge in [0.1, 0.15) is 0 Å². The SMILES string of the molecule is O=C(NCCO)c1ccc([N+](=O)[O-])cc1.[Pd]. The van der Waals surface area contributed by atoms with E-state index in [0.29, 0.717) is 5.56 Å². The molecule has 90 valence electrons. The van der Waals surface area contributed by atoms with E-state index in [0.717, 1.165) is 0 Å². The van der Waals surface area contributed by atoms with Crippen LogP contribution < -0.4 is 5.32 Å². The van der Waals surface area contributed by atoms with Gasteiger partial charge in [-0.3, -0.25) is 14.9 Å². The van der Waals surface area contributed by atoms with Crippen LogP contribution in [0.25, 0.3) is 0 Å². The van der Waals surface area contributed by atoms with Gasteiger partial charge in [-0.25, -0.2) is 0 Å². The maximum Gasteiger partial charge on any atom is 0.269 e. The molecule has 0 aromatic heterocycles. The van der Waals surface area contributed by atoms with Gasteiger partial charge >= 0.3 is 0 Å². The molecular formula is C9H10N2O4Pd. The van der Waals surface area contributed by atoms with Crippen LogP contribution in [0.2, 0.25) is 0 Å². The van der Waals surface area contributed by atoms with Crippen LogP contribution in [0.3, 0.4) is 0 Å². The smallest absolute Gasteiger partial charge is 0.269 e. The summed E-state index contributed by atoms with van der Waals surface area (Å²) in [5.41, 5.74) is 0.266. The Bertz CT molecular complexity index is 366. The standard InChI is InChI=1S/C9H10N2O4.Pd/c12-6-5-10-9(13)7-1-3-8(4-2-7)11(14)15;/h1-4,12H,5-6H2,(H,10,13);. The van der Waals surface area contributed by atoms with Crippen molar-refractivity contribution < 1.29 is 35.2 Å². The average Bonchev–Trinajstić information content (AvgIpc) is 2.26. The molecule has 2 N–H and O–H groups in total. The van der Waals surface area contributed by atoms with Crippen LogP contribution in [0.1, 0.15) is 10.4 Å². The Labute approximate surface area is 105 Å². The van der Waals surface area contributed by atoms with Gasteiger partial charge in [0.25, 0.3) is 11.6 Å². The van der Waals surface area contributed by atoms with E-state index < -0.39 is 4.92 Å². The van der Waals surface area contributed by atoms with Gasteiger partial charge in [-0.15, -0.1) is 0 Å². The van der Waals surface area contributed by atoms with Crippen molar-refractivity contribution in [3.8, 4) is 0 Å². The Kier molecular flexibility index (Phi) is 6.49. The van der Waals surface area contributed by atoms with Gasteiger partial charge in [-0.2, -0.15) is 0 Å². The number of hydrogen-bond donors (Lipinski definition) is 2. The van der Waals surface area contributed by atoms with Gasteiger partial charge in [0, 0.05) is 44.7 Å². The Hall–Kier alpha value is -1.29. The number of nitrogens with one attached hydrogen (secondary N) is 1. The second-order valence-corrected chi connectivity index (χ2v) is 2.78. The zero-order valence-electron chi connectivity index (χ0n) is 8.16. The minimum absolute atomic E-state index is 0. The molecule has 0 aliphatic carbocycles. The van der Waals surface area contributed by atoms with Crippen molar-refractivity contribution in [1.29, 1.82) is 0 Å². The summed E-state index contributed by atoms with van der Waals surface area (Å²) in [6.45, 7) is 0.0224. The topological polar surface area (TPSA) is 92.5 Å². The monoisotopic (exact) mass is 316 g/mol. The fourth-order valence-electron chi connectivity index (χ4n) is 1.01. The number of aliphatic hydroxyl groups is 1. The maximum atomic E-state index is 11.3. The van der Waals surface area contributed by atoms with Gasteiger partial charge in [-0.1, -0.05) is 0 Å². The first kappa shape index (κ1) is 14.7. The molecule has 0 saturated carbocycles. The fourth-order valence-corrected chi connectivity index (χ4v) is 1.01. The molecule has 0 aliphatic heterocycles. The van der Waals surface area contributed by atoms with E-state index in [1.807, 2.05) is 0 Å². The first-order valence-corrected chi connectivity index (χ1v) is 4.28. The molecule has 1 rings (SSSR count). The Morgan fingerprint density at radius 3 is 2.38 bits per heavy atom. The molecule has 0 unspecified atom stereocenters. The van der Waals surface area contributed by atoms with Crippen LogP contribution in [-0.2, 0) is 20.4 Å². The predicted octanol–water partition coefficient (Wildman–Crippen LogP) is 0.314. The maximum absolute atomic E-state index is 11.3. The van der Waals surface area contributed by atoms with E-state index in [1.54, 1.807) is 0 Å². The summed E-state index contributed by atoms with van der Waals surface area (Å²) in [6.07, 6.45) is 0. The quantitative estimate of drug-likeness (QED) is 0.475. The molecule has 0 radical (unpaired) electrons. The van der Waals surface area contributed by atoms with E-state index in [2.05, 4.69) is 5.32 Å². The molecule has 0 heterocycles. The second kappa shape index (κ2) is 7.06. The van der Waals surface area contributed by atoms with Gasteiger partial charge < -0.3 is 10.4 Å². The second-order valence-electron chi connectivity index (χ2n) is 2.78. The minimum Gasteiger partial charge on any atom is -0.395 e. The number of amides is 1. The van der Waals surface area contributed by atoms with Crippen molar-refractivity contribution in [3.05, 3.63) is 39.9 Å². The van der Waals surface area contributed by atoms with E-state index in [9.17, 15) is 14.9 Å². The first-order valence-electron chi connectivity index (χ1n) is 4.28. The molecule has 0 bridgehead atoms. The summed E-state index contributed by atoms with van der Waals surface area (Å²) in [6, 6.07) is 5.25. The molecule has 0 spiro atoms. The summed E-state index contributed by atoms with van der Waals surface area (Å²) >= 11 is 0. The van der Waals surface area contributed by atoms with Crippen LogP contribution in [0.15, 0.2) is 24.3 Å². The van der Waals surface area contributed by atoms with Crippen LogP contribution in [0, 0.1) is 10.1 Å². The number of carbonyl (C=O) groups is 1. The Balaban J connectivity index is 0.00000225. The number of nitro groups is 1. The van der Waals surface area contributed by atoms with Gasteiger partial charge in [0.15, 0.2) is 0 Å². The van der Waals surface area contributed by atoms with Crippen LogP contribution >= 0.6 is 0 Å². The number of nitro benzene ring substituents is 1. The number of non-ortho nitro benzene ring substituents is 1. The normalized spacial score (nSPS) is 9.06. The summed E-state index contributed by atoms with van der Waals surface area (Å²) < 4.78 is 0. The number of rotatable bonds is 4. The van der Waals surface area contributed by atoms with Gasteiger partial charge in [-0.05, 0) is 12.1 Å². The van der Waals surface area contributed by atoms with E-state index >= 15 is 0 Å². The van der Waals surface area contributed by atoms with Crippen LogP contribution in [-0.4, -0.2) is 29.1 Å². The Morgan fingerprint density at radius 2 is 1.94 bits per heavy atom. The summed E-state index contributed by atoms with van der Waals surface area (Å²) in [4.78, 5) is 21.1. The number of aliphatic hydroxyl groups excluding tert-OH is 1. The number of benzene rings is 1. The molecule has 0 fully saturated rings. The first-order chi connectivity index (χ1) is 7.15. The summed E-state index contributed by atoms with van der Waals surface area (Å²) in [5.74, 6) is -0.362. The summed E-state index contributed by atoms with van der Waals surface area (Å²) in [5, 5.41) is 21.2. The third-order valence-electron chi connectivity index (χ3n) is 1.74. The minimum atomic E-state index is -0.532. The number of nitrogens with zero attached hydrogens (tertiary/aromatic N) is 1. The van der Waals surface area contributed by atoms with Crippen molar-refractivity contribution in [2.75, 3.05) is 13.2 Å². The molecule has 1 aromatic rings. The number of carbonyl (C=O) groups excluding carboxylic acids is 1. The molecule has 16 heavy (non-hydrogen) atoms. The predicted molar refractivity (Wildman–Crippen MR) is 52.5 cm³/mol. The van der Waals surface area contributed by atoms with Crippen molar-refractivity contribution in [1.82, 2.24) is 5.32 Å². The van der Waals surface area contributed by atoms with Crippen molar-refractivity contribution in [2.24, 2.45) is 0 Å². The third kappa shape index (κ3) is 4.06.